The smallest absolute Gasteiger partial charge is 0.119 e. The van der Waals surface area contributed by atoms with Crippen molar-refractivity contribution in [1.29, 1.82) is 0 Å². The van der Waals surface area contributed by atoms with Crippen LogP contribution in [-0.2, 0) is 12.8 Å². The summed E-state index contributed by atoms with van der Waals surface area (Å²) in [6, 6.07) is 6.16. The van der Waals surface area contributed by atoms with E-state index in [9.17, 15) is 5.11 Å². The molecule has 0 fully saturated rings. The van der Waals surface area contributed by atoms with Crippen LogP contribution >= 0.6 is 0 Å². The maximum atomic E-state index is 10.2. The summed E-state index contributed by atoms with van der Waals surface area (Å²) in [7, 11) is 1.68. The summed E-state index contributed by atoms with van der Waals surface area (Å²) in [5.41, 5.74) is 2.10. The van der Waals surface area contributed by atoms with Crippen molar-refractivity contribution in [3.05, 3.63) is 29.3 Å². The Morgan fingerprint density at radius 1 is 1.40 bits per heavy atom. The molecule has 1 aliphatic carbocycles. The van der Waals surface area contributed by atoms with Crippen molar-refractivity contribution < 1.29 is 9.84 Å². The lowest BCUT2D eigenvalue weighted by molar-refractivity contribution is 0.0226. The van der Waals surface area contributed by atoms with E-state index in [4.69, 9.17) is 4.74 Å². The summed E-state index contributed by atoms with van der Waals surface area (Å²) in [4.78, 5) is 0. The molecule has 15 heavy (non-hydrogen) atoms. The zero-order valence-corrected chi connectivity index (χ0v) is 9.42. The molecule has 0 bridgehead atoms. The van der Waals surface area contributed by atoms with E-state index >= 15 is 0 Å². The molecule has 0 aliphatic heterocycles. The number of fused-ring (bicyclic) bond motifs is 1. The van der Waals surface area contributed by atoms with Gasteiger partial charge < -0.3 is 9.84 Å². The third-order valence-electron chi connectivity index (χ3n) is 3.45. The Balaban J connectivity index is 2.31. The van der Waals surface area contributed by atoms with Crippen LogP contribution in [0.25, 0.3) is 0 Å². The van der Waals surface area contributed by atoms with Gasteiger partial charge in [0.2, 0.25) is 0 Å². The lowest BCUT2D eigenvalue weighted by atomic mass is 9.79. The van der Waals surface area contributed by atoms with Crippen molar-refractivity contribution in [2.45, 2.75) is 38.2 Å². The van der Waals surface area contributed by atoms with Crippen LogP contribution in [0.5, 0.6) is 5.75 Å². The van der Waals surface area contributed by atoms with Crippen molar-refractivity contribution in [2.24, 2.45) is 0 Å². The highest BCUT2D eigenvalue weighted by molar-refractivity contribution is 5.38. The molecule has 1 aromatic carbocycles. The van der Waals surface area contributed by atoms with Crippen LogP contribution in [0.2, 0.25) is 0 Å². The van der Waals surface area contributed by atoms with E-state index in [1.165, 1.54) is 11.1 Å². The first-order chi connectivity index (χ1) is 7.17. The second-order valence-electron chi connectivity index (χ2n) is 4.39. The Morgan fingerprint density at radius 3 is 2.87 bits per heavy atom. The van der Waals surface area contributed by atoms with Crippen LogP contribution < -0.4 is 4.74 Å². The fourth-order valence-corrected chi connectivity index (χ4v) is 2.25. The van der Waals surface area contributed by atoms with Gasteiger partial charge in [0.25, 0.3) is 0 Å². The Labute approximate surface area is 90.9 Å². The molecule has 0 saturated carbocycles. The molecule has 0 heterocycles. The molecule has 0 amide bonds. The van der Waals surface area contributed by atoms with Gasteiger partial charge >= 0.3 is 0 Å². The molecule has 2 rings (SSSR count). The number of aliphatic hydroxyl groups is 1. The molecule has 1 aromatic rings. The molecule has 1 N–H and O–H groups in total. The Hall–Kier alpha value is -1.02. The number of benzene rings is 1. The molecule has 0 aromatic heterocycles. The van der Waals surface area contributed by atoms with Crippen molar-refractivity contribution in [3.63, 3.8) is 0 Å². The van der Waals surface area contributed by atoms with Crippen molar-refractivity contribution in [3.8, 4) is 5.75 Å². The molecule has 1 atom stereocenters. The van der Waals surface area contributed by atoms with Gasteiger partial charge in [-0.15, -0.1) is 0 Å². The van der Waals surface area contributed by atoms with Crippen molar-refractivity contribution >= 4 is 0 Å². The van der Waals surface area contributed by atoms with Gasteiger partial charge in [-0.05, 0) is 42.5 Å². The summed E-state index contributed by atoms with van der Waals surface area (Å²) in [6.45, 7) is 2.05. The van der Waals surface area contributed by atoms with E-state index in [1.807, 2.05) is 13.0 Å². The van der Waals surface area contributed by atoms with Gasteiger partial charge in [0, 0.05) is 6.42 Å². The number of rotatable bonds is 2. The molecule has 2 nitrogen and oxygen atoms in total. The second kappa shape index (κ2) is 3.86. The van der Waals surface area contributed by atoms with Crippen LogP contribution in [0.4, 0.5) is 0 Å². The fourth-order valence-electron chi connectivity index (χ4n) is 2.25. The zero-order valence-electron chi connectivity index (χ0n) is 9.42. The molecule has 0 spiro atoms. The van der Waals surface area contributed by atoms with Gasteiger partial charge in [-0.2, -0.15) is 0 Å². The zero-order chi connectivity index (χ0) is 10.9. The molecule has 2 heteroatoms. The fraction of sp³-hybridized carbons (Fsp3) is 0.538. The maximum Gasteiger partial charge on any atom is 0.119 e. The molecule has 0 radical (unpaired) electrons. The van der Waals surface area contributed by atoms with Crippen molar-refractivity contribution in [2.75, 3.05) is 7.11 Å². The van der Waals surface area contributed by atoms with E-state index in [0.717, 1.165) is 31.4 Å². The van der Waals surface area contributed by atoms with E-state index in [-0.39, 0.29) is 0 Å². The van der Waals surface area contributed by atoms with Crippen LogP contribution in [0.15, 0.2) is 18.2 Å². The normalized spacial score (nSPS) is 24.7. The number of aryl methyl sites for hydroxylation is 1. The highest BCUT2D eigenvalue weighted by Gasteiger charge is 2.30. The number of methoxy groups -OCH3 is 1. The van der Waals surface area contributed by atoms with E-state index in [1.54, 1.807) is 7.11 Å². The predicted molar refractivity (Wildman–Crippen MR) is 60.3 cm³/mol. The highest BCUT2D eigenvalue weighted by atomic mass is 16.5. The van der Waals surface area contributed by atoms with Gasteiger partial charge in [-0.25, -0.2) is 0 Å². The third kappa shape index (κ3) is 2.00. The van der Waals surface area contributed by atoms with Gasteiger partial charge in [0.15, 0.2) is 0 Å². The first-order valence-corrected chi connectivity index (χ1v) is 5.55. The molecular weight excluding hydrogens is 188 g/mol. The van der Waals surface area contributed by atoms with Gasteiger partial charge in [0.1, 0.15) is 5.75 Å². The highest BCUT2D eigenvalue weighted by Crippen LogP contribution is 2.32. The SMILES string of the molecule is CCC1(O)CCc2ccc(OC)cc2C1. The van der Waals surface area contributed by atoms with Crippen LogP contribution in [0.1, 0.15) is 30.9 Å². The summed E-state index contributed by atoms with van der Waals surface area (Å²) in [5.74, 6) is 0.883. The number of ether oxygens (including phenoxy) is 1. The van der Waals surface area contributed by atoms with Gasteiger partial charge in [-0.1, -0.05) is 13.0 Å². The quantitative estimate of drug-likeness (QED) is 0.804. The Kier molecular flexibility index (Phi) is 2.70. The van der Waals surface area contributed by atoms with E-state index in [2.05, 4.69) is 12.1 Å². The van der Waals surface area contributed by atoms with Crippen molar-refractivity contribution in [1.82, 2.24) is 0 Å². The molecule has 1 aliphatic rings. The van der Waals surface area contributed by atoms with Gasteiger partial charge in [-0.3, -0.25) is 0 Å². The minimum absolute atomic E-state index is 0.501. The summed E-state index contributed by atoms with van der Waals surface area (Å²) >= 11 is 0. The predicted octanol–water partition coefficient (Wildman–Crippen LogP) is 2.33. The Bertz CT molecular complexity index is 360. The van der Waals surface area contributed by atoms with Crippen LogP contribution in [0, 0.1) is 0 Å². The Morgan fingerprint density at radius 2 is 2.20 bits per heavy atom. The first-order valence-electron chi connectivity index (χ1n) is 5.55. The van der Waals surface area contributed by atoms with E-state index < -0.39 is 5.60 Å². The third-order valence-corrected chi connectivity index (χ3v) is 3.45. The minimum atomic E-state index is -0.501. The number of hydrogen-bond acceptors (Lipinski definition) is 2. The van der Waals surface area contributed by atoms with Crippen LogP contribution in [0.3, 0.4) is 0 Å². The monoisotopic (exact) mass is 206 g/mol. The topological polar surface area (TPSA) is 29.5 Å². The summed E-state index contributed by atoms with van der Waals surface area (Å²) in [5, 5.41) is 10.2. The molecule has 82 valence electrons. The molecular formula is C13H18O2. The average molecular weight is 206 g/mol. The maximum absolute atomic E-state index is 10.2. The van der Waals surface area contributed by atoms with E-state index in [0.29, 0.717) is 0 Å². The van der Waals surface area contributed by atoms with Crippen LogP contribution in [-0.4, -0.2) is 17.8 Å². The average Bonchev–Trinajstić information content (AvgIpc) is 2.28. The molecule has 1 unspecified atom stereocenters. The largest absolute Gasteiger partial charge is 0.497 e. The lowest BCUT2D eigenvalue weighted by Crippen LogP contribution is -2.34. The summed E-state index contributed by atoms with van der Waals surface area (Å²) in [6.07, 6.45) is 3.44. The second-order valence-corrected chi connectivity index (χ2v) is 4.39. The lowest BCUT2D eigenvalue weighted by Gasteiger charge is -2.32. The standard InChI is InChI=1S/C13H18O2/c1-3-13(14)7-6-10-4-5-12(15-2)8-11(10)9-13/h4-5,8,14H,3,6-7,9H2,1-2H3. The number of hydrogen-bond donors (Lipinski definition) is 1. The minimum Gasteiger partial charge on any atom is -0.497 e. The first kappa shape index (κ1) is 10.5. The summed E-state index contributed by atoms with van der Waals surface area (Å²) < 4.78 is 5.20. The molecule has 0 saturated heterocycles. The van der Waals surface area contributed by atoms with Gasteiger partial charge in [0.05, 0.1) is 12.7 Å².